The average molecular weight is 1420 g/mol. The normalized spacial score (nSPS) is 52.1. The second-order valence-electron chi connectivity index (χ2n) is 30.6. The number of aliphatic hydroxyl groups is 15. The maximum atomic E-state index is 14.6. The second kappa shape index (κ2) is 30.0. The summed E-state index contributed by atoms with van der Waals surface area (Å²) in [7, 11) is 2.37. The predicted molar refractivity (Wildman–Crippen MR) is 331 cm³/mol. The molecule has 10 fully saturated rings. The highest BCUT2D eigenvalue weighted by atomic mass is 16.8. The summed E-state index contributed by atoms with van der Waals surface area (Å²) in [6.45, 7) is 12.1. The molecule has 566 valence electrons. The summed E-state index contributed by atoms with van der Waals surface area (Å²) in [5.41, 5.74) is -1.48. The standard InChI is InChI=1S/C67H106O32/c1-26(2)12-11-17-66(8)55-30(72)20-65(7)29-13-14-36-63(4,5)37(16-18-64(36,6)28(29)15-19-67(55,65)62(84)99-66)94-61-54(41(76)35(25-87-61)93-57-45(80)43(78)50(34(24-71)92-57)96-58-46(81)51(85-9)38(73)31(21-68)89-58)98-56-44(79)42(77)49(27(3)88-56)95-60-48(83)53(40(75)33(23-70)91-60)97-59-47(82)52(86-10)39(74)32(22-69)90-59/h12,15,27,29,31-61,68-71,73-83H,11,13-14,16-25H2,1-10H3/t27-,29-,31-,32-,33-,34-,35-,36+,37+,38-,39-,40-,41+,42-,43-,44-,45-,46-,47-,48-,49-,50-,51+,52+,53+,54-,55-,56+,57+,58+,59+,60+,61+,64-,65+,66+,67?/m1/s1. The van der Waals surface area contributed by atoms with E-state index in [0.717, 1.165) is 5.57 Å². The molecule has 4 aliphatic carbocycles. The Hall–Kier alpha value is -2.54. The fourth-order valence-corrected chi connectivity index (χ4v) is 19.0. The topological polar surface area (TPSA) is 476 Å². The molecule has 32 heteroatoms. The summed E-state index contributed by atoms with van der Waals surface area (Å²) in [4.78, 5) is 29.1. The van der Waals surface area contributed by atoms with Gasteiger partial charge in [0.1, 0.15) is 146 Å². The van der Waals surface area contributed by atoms with Gasteiger partial charge < -0.3 is 148 Å². The number of hydrogen-bond donors (Lipinski definition) is 15. The Morgan fingerprint density at radius 3 is 1.60 bits per heavy atom. The number of cyclic esters (lactones) is 1. The number of rotatable bonds is 21. The van der Waals surface area contributed by atoms with Gasteiger partial charge in [0.15, 0.2) is 37.7 Å². The molecule has 1 unspecified atom stereocenters. The van der Waals surface area contributed by atoms with Gasteiger partial charge in [-0.2, -0.15) is 0 Å². The van der Waals surface area contributed by atoms with Gasteiger partial charge in [0.05, 0.1) is 56.6 Å². The molecule has 0 aromatic heterocycles. The third-order valence-corrected chi connectivity index (χ3v) is 24.3. The minimum atomic E-state index is -2.08. The van der Waals surface area contributed by atoms with Crippen LogP contribution in [-0.2, 0) is 80.6 Å². The van der Waals surface area contributed by atoms with Gasteiger partial charge in [-0.15, -0.1) is 0 Å². The van der Waals surface area contributed by atoms with Crippen LogP contribution < -0.4 is 0 Å². The molecule has 37 atom stereocenters. The first kappa shape index (κ1) is 77.6. The molecule has 32 nitrogen and oxygen atoms in total. The fourth-order valence-electron chi connectivity index (χ4n) is 19.0. The van der Waals surface area contributed by atoms with Crippen molar-refractivity contribution in [3.05, 3.63) is 23.3 Å². The molecule has 15 N–H and O–H groups in total. The zero-order valence-corrected chi connectivity index (χ0v) is 57.5. The maximum Gasteiger partial charge on any atom is 0.314 e. The summed E-state index contributed by atoms with van der Waals surface area (Å²) in [6.07, 6.45) is -41.1. The van der Waals surface area contributed by atoms with Crippen LogP contribution in [0.5, 0.6) is 0 Å². The van der Waals surface area contributed by atoms with E-state index < -0.39 is 250 Å². The first-order valence-electron chi connectivity index (χ1n) is 34.7. The molecule has 0 aromatic carbocycles. The van der Waals surface area contributed by atoms with Crippen molar-refractivity contribution in [3.8, 4) is 0 Å². The van der Waals surface area contributed by atoms with E-state index in [4.69, 9.17) is 71.1 Å². The number of allylic oxidation sites excluding steroid dienone is 4. The summed E-state index contributed by atoms with van der Waals surface area (Å²) >= 11 is 0. The lowest BCUT2D eigenvalue weighted by atomic mass is 9.41. The van der Waals surface area contributed by atoms with E-state index in [1.165, 1.54) is 26.7 Å². The zero-order chi connectivity index (χ0) is 72.1. The van der Waals surface area contributed by atoms with Crippen molar-refractivity contribution < 1.29 is 157 Å². The number of fused-ring (bicyclic) bond motifs is 4. The summed E-state index contributed by atoms with van der Waals surface area (Å²) in [6, 6.07) is 0. The number of ether oxygens (including phenoxy) is 15. The van der Waals surface area contributed by atoms with Gasteiger partial charge in [0.2, 0.25) is 0 Å². The molecular weight excluding hydrogens is 1320 g/mol. The van der Waals surface area contributed by atoms with E-state index in [9.17, 15) is 86.2 Å². The van der Waals surface area contributed by atoms with E-state index in [1.807, 2.05) is 20.8 Å². The molecular formula is C67H106O32. The minimum absolute atomic E-state index is 0.0522. The number of aliphatic hydroxyl groups excluding tert-OH is 15. The molecule has 0 aromatic rings. The Morgan fingerprint density at radius 2 is 1.04 bits per heavy atom. The Bertz CT molecular complexity index is 2850. The van der Waals surface area contributed by atoms with Crippen molar-refractivity contribution in [2.24, 2.45) is 39.4 Å². The number of esters is 1. The van der Waals surface area contributed by atoms with Crippen LogP contribution in [0.2, 0.25) is 0 Å². The number of hydrogen-bond acceptors (Lipinski definition) is 32. The Kier molecular flexibility index (Phi) is 23.5. The van der Waals surface area contributed by atoms with Crippen LogP contribution in [-0.4, -0.2) is 325 Å². The molecule has 7 saturated heterocycles. The number of methoxy groups -OCH3 is 2. The van der Waals surface area contributed by atoms with Gasteiger partial charge in [0, 0.05) is 20.6 Å². The molecule has 7 heterocycles. The predicted octanol–water partition coefficient (Wildman–Crippen LogP) is -3.91. The van der Waals surface area contributed by atoms with Gasteiger partial charge in [-0.3, -0.25) is 9.59 Å². The van der Waals surface area contributed by atoms with E-state index in [1.54, 1.807) is 0 Å². The molecule has 0 radical (unpaired) electrons. The molecule has 99 heavy (non-hydrogen) atoms. The number of Topliss-reactive ketones (excluding diaryl/α,β-unsaturated/α-hetero) is 1. The average Bonchev–Trinajstić information content (AvgIpc) is 1.50. The van der Waals surface area contributed by atoms with Gasteiger partial charge in [-0.05, 0) is 101 Å². The first-order chi connectivity index (χ1) is 46.7. The van der Waals surface area contributed by atoms with E-state index >= 15 is 0 Å². The van der Waals surface area contributed by atoms with Crippen molar-refractivity contribution in [2.75, 3.05) is 47.3 Å². The van der Waals surface area contributed by atoms with E-state index in [0.29, 0.717) is 44.9 Å². The highest BCUT2D eigenvalue weighted by Crippen LogP contribution is 2.75. The van der Waals surface area contributed by atoms with Gasteiger partial charge in [-0.1, -0.05) is 51.0 Å². The SMILES string of the molecule is CO[C@@H]1[C@@H](O)[C@H](O[C@@H]2[C@@H](O)[C@H](O[C@H]3[C@H](O)[C@@H](O)[C@H](O[C@H]4[C@H](O[C@H]5CC[C@]6(C)C7=CCC89C(=O)O[C@@](C)(CCC=C(C)C)[C@H]8C(=O)C[C@@]9(C)[C@@H]7CC[C@H]6C5(C)C)OC[C@@H](O[C@@H]5O[C@H](CO)[C@@H](O[C@@H]6O[C@H](CO)[C@@H](O)[C@H](OC)[C@H]6O)[C@H](O)[C@H]5O)[C@@H]4O)O[C@@H]3C)O[C@H](CO)[C@H]2O)O[C@H](CO)[C@H]1O. The monoisotopic (exact) mass is 1420 g/mol. The highest BCUT2D eigenvalue weighted by Gasteiger charge is 2.79. The van der Waals surface area contributed by atoms with Gasteiger partial charge in [0.25, 0.3) is 0 Å². The maximum absolute atomic E-state index is 14.6. The lowest BCUT2D eigenvalue weighted by Crippen LogP contribution is -2.67. The minimum Gasteiger partial charge on any atom is -0.458 e. The fraction of sp³-hybridized carbons (Fsp3) is 0.910. The van der Waals surface area contributed by atoms with Gasteiger partial charge in [-0.25, -0.2) is 0 Å². The van der Waals surface area contributed by atoms with Crippen LogP contribution in [0.25, 0.3) is 0 Å². The first-order valence-corrected chi connectivity index (χ1v) is 34.7. The van der Waals surface area contributed by atoms with Crippen molar-refractivity contribution >= 4 is 11.8 Å². The molecule has 0 amide bonds. The third-order valence-electron chi connectivity index (χ3n) is 24.3. The lowest BCUT2D eigenvalue weighted by molar-refractivity contribution is -0.397. The van der Waals surface area contributed by atoms with Crippen LogP contribution in [0.1, 0.15) is 107 Å². The molecule has 7 aliphatic heterocycles. The molecule has 0 bridgehead atoms. The number of carbonyl (C=O) groups excluding carboxylic acids is 2. The molecule has 11 aliphatic rings. The van der Waals surface area contributed by atoms with Crippen LogP contribution in [0.3, 0.4) is 0 Å². The Morgan fingerprint density at radius 1 is 0.545 bits per heavy atom. The van der Waals surface area contributed by atoms with E-state index in [2.05, 4.69) is 39.8 Å². The largest absolute Gasteiger partial charge is 0.458 e. The Labute approximate surface area is 573 Å². The highest BCUT2D eigenvalue weighted by molar-refractivity contribution is 5.99. The molecule has 11 rings (SSSR count). The lowest BCUT2D eigenvalue weighted by Gasteiger charge is -2.63. The van der Waals surface area contributed by atoms with Crippen molar-refractivity contribution in [2.45, 2.75) is 297 Å². The number of carbonyl (C=O) groups is 2. The summed E-state index contributed by atoms with van der Waals surface area (Å²) < 4.78 is 89.9. The van der Waals surface area contributed by atoms with Crippen LogP contribution in [0.4, 0.5) is 0 Å². The summed E-state index contributed by atoms with van der Waals surface area (Å²) in [5, 5.41) is 167. The van der Waals surface area contributed by atoms with Crippen molar-refractivity contribution in [3.63, 3.8) is 0 Å². The zero-order valence-electron chi connectivity index (χ0n) is 57.5. The quantitative estimate of drug-likeness (QED) is 0.0297. The number of ketones is 1. The summed E-state index contributed by atoms with van der Waals surface area (Å²) in [5.74, 6) is -1.02. The molecule has 1 spiro atoms. The van der Waals surface area contributed by atoms with E-state index in [-0.39, 0.29) is 30.0 Å². The van der Waals surface area contributed by atoms with Crippen LogP contribution in [0.15, 0.2) is 23.3 Å². The van der Waals surface area contributed by atoms with Crippen molar-refractivity contribution in [1.29, 1.82) is 0 Å². The molecule has 3 saturated carbocycles. The third kappa shape index (κ3) is 13.4. The van der Waals surface area contributed by atoms with Crippen LogP contribution in [0, 0.1) is 39.4 Å². The van der Waals surface area contributed by atoms with Crippen LogP contribution >= 0.6 is 0 Å². The smallest absolute Gasteiger partial charge is 0.314 e. The Balaban J connectivity index is 0.827. The van der Waals surface area contributed by atoms with Gasteiger partial charge >= 0.3 is 5.97 Å². The second-order valence-corrected chi connectivity index (χ2v) is 30.6. The van der Waals surface area contributed by atoms with Crippen molar-refractivity contribution in [1.82, 2.24) is 0 Å².